The quantitative estimate of drug-likeness (QED) is 0.846. The lowest BCUT2D eigenvalue weighted by molar-refractivity contribution is 0.247. The number of aryl methyl sites for hydroxylation is 2. The van der Waals surface area contributed by atoms with Gasteiger partial charge in [-0.05, 0) is 37.0 Å². The maximum absolute atomic E-state index is 9.06. The highest BCUT2D eigenvalue weighted by Crippen LogP contribution is 2.26. The molecule has 0 bridgehead atoms. The third kappa shape index (κ3) is 2.74. The second-order valence-electron chi connectivity index (χ2n) is 3.86. The molecule has 1 atom stereocenters. The van der Waals surface area contributed by atoms with Crippen molar-refractivity contribution in [1.82, 2.24) is 0 Å². The summed E-state index contributed by atoms with van der Waals surface area (Å²) in [4.78, 5) is 0. The molecule has 1 rings (SSSR count). The molecule has 1 unspecified atom stereocenters. The van der Waals surface area contributed by atoms with E-state index in [1.54, 1.807) is 0 Å². The fraction of sp³-hybridized carbons (Fsp3) is 0.462. The molecule has 3 nitrogen and oxygen atoms in total. The molecule has 1 aromatic rings. The molecule has 3 heteroatoms. The topological polar surface area (TPSA) is 53.2 Å². The molecule has 0 amide bonds. The van der Waals surface area contributed by atoms with Gasteiger partial charge in [0, 0.05) is 0 Å². The van der Waals surface area contributed by atoms with Crippen molar-refractivity contribution in [3.8, 4) is 11.8 Å². The van der Waals surface area contributed by atoms with Gasteiger partial charge in [0.15, 0.2) is 6.10 Å². The van der Waals surface area contributed by atoms with Gasteiger partial charge in [0.2, 0.25) is 0 Å². The number of ether oxygens (including phenoxy) is 1. The Hall–Kier alpha value is -1.53. The van der Waals surface area contributed by atoms with E-state index in [1.165, 1.54) is 0 Å². The largest absolute Gasteiger partial charge is 0.475 e. The molecule has 0 saturated carbocycles. The predicted octanol–water partition coefficient (Wildman–Crippen LogP) is 2.48. The molecule has 0 spiro atoms. The summed E-state index contributed by atoms with van der Waals surface area (Å²) in [5.74, 6) is 0.755. The Bertz CT molecular complexity index is 384. The summed E-state index contributed by atoms with van der Waals surface area (Å²) in [5, 5.41) is 17.9. The summed E-state index contributed by atoms with van der Waals surface area (Å²) >= 11 is 0. The highest BCUT2D eigenvalue weighted by atomic mass is 16.5. The molecule has 1 aromatic carbocycles. The van der Waals surface area contributed by atoms with Gasteiger partial charge in [-0.15, -0.1) is 0 Å². The van der Waals surface area contributed by atoms with E-state index in [2.05, 4.69) is 6.07 Å². The van der Waals surface area contributed by atoms with Crippen LogP contribution in [0.15, 0.2) is 12.1 Å². The van der Waals surface area contributed by atoms with E-state index >= 15 is 0 Å². The van der Waals surface area contributed by atoms with Crippen molar-refractivity contribution in [2.75, 3.05) is 0 Å². The zero-order chi connectivity index (χ0) is 12.1. The van der Waals surface area contributed by atoms with Gasteiger partial charge in [-0.2, -0.15) is 5.26 Å². The van der Waals surface area contributed by atoms with E-state index in [0.717, 1.165) is 22.4 Å². The minimum Gasteiger partial charge on any atom is -0.475 e. The van der Waals surface area contributed by atoms with Crippen LogP contribution in [0.3, 0.4) is 0 Å². The first-order chi connectivity index (χ1) is 7.62. The lowest BCUT2D eigenvalue weighted by atomic mass is 10.1. The number of hydrogen-bond acceptors (Lipinski definition) is 3. The molecular weight excluding hydrogens is 202 g/mol. The predicted molar refractivity (Wildman–Crippen MR) is 62.2 cm³/mol. The maximum Gasteiger partial charge on any atom is 0.184 e. The van der Waals surface area contributed by atoms with Crippen molar-refractivity contribution in [2.45, 2.75) is 39.9 Å². The van der Waals surface area contributed by atoms with Crippen LogP contribution >= 0.6 is 0 Å². The van der Waals surface area contributed by atoms with Crippen molar-refractivity contribution < 1.29 is 9.84 Å². The fourth-order valence-corrected chi connectivity index (χ4v) is 1.66. The standard InChI is InChI=1S/C13H17NO2/c1-4-12(7-14)16-13-9(2)5-11(8-15)6-10(13)3/h5-6,12,15H,4,8H2,1-3H3. The van der Waals surface area contributed by atoms with E-state index < -0.39 is 6.10 Å². The van der Waals surface area contributed by atoms with Gasteiger partial charge in [0.1, 0.15) is 11.8 Å². The number of benzene rings is 1. The molecular formula is C13H17NO2. The van der Waals surface area contributed by atoms with E-state index in [4.69, 9.17) is 15.1 Å². The summed E-state index contributed by atoms with van der Waals surface area (Å²) in [6, 6.07) is 5.87. The molecule has 0 aromatic heterocycles. The van der Waals surface area contributed by atoms with Crippen molar-refractivity contribution in [1.29, 1.82) is 5.26 Å². The number of rotatable bonds is 4. The Morgan fingerprint density at radius 2 is 1.94 bits per heavy atom. The van der Waals surface area contributed by atoms with Gasteiger partial charge < -0.3 is 9.84 Å². The van der Waals surface area contributed by atoms with Crippen LogP contribution in [0.2, 0.25) is 0 Å². The molecule has 16 heavy (non-hydrogen) atoms. The molecule has 0 fully saturated rings. The highest BCUT2D eigenvalue weighted by Gasteiger charge is 2.11. The van der Waals surface area contributed by atoms with E-state index in [1.807, 2.05) is 32.9 Å². The Balaban J connectivity index is 3.01. The second kappa shape index (κ2) is 5.53. The average molecular weight is 219 g/mol. The Kier molecular flexibility index (Phi) is 4.33. The normalized spacial score (nSPS) is 11.9. The third-order valence-electron chi connectivity index (χ3n) is 2.48. The molecule has 0 heterocycles. The van der Waals surface area contributed by atoms with Gasteiger partial charge in [0.25, 0.3) is 0 Å². The Morgan fingerprint density at radius 3 is 2.31 bits per heavy atom. The second-order valence-corrected chi connectivity index (χ2v) is 3.86. The average Bonchev–Trinajstić information content (AvgIpc) is 2.28. The smallest absolute Gasteiger partial charge is 0.184 e. The summed E-state index contributed by atoms with van der Waals surface area (Å²) in [6.07, 6.45) is 0.259. The molecule has 0 aliphatic carbocycles. The fourth-order valence-electron chi connectivity index (χ4n) is 1.66. The zero-order valence-electron chi connectivity index (χ0n) is 9.95. The van der Waals surface area contributed by atoms with Gasteiger partial charge in [-0.1, -0.05) is 19.1 Å². The number of nitriles is 1. The van der Waals surface area contributed by atoms with Crippen LogP contribution in [-0.4, -0.2) is 11.2 Å². The van der Waals surface area contributed by atoms with Gasteiger partial charge in [-0.3, -0.25) is 0 Å². The molecule has 0 aliphatic rings. The van der Waals surface area contributed by atoms with Crippen LogP contribution in [0.4, 0.5) is 0 Å². The van der Waals surface area contributed by atoms with E-state index in [0.29, 0.717) is 6.42 Å². The molecule has 1 N–H and O–H groups in total. The van der Waals surface area contributed by atoms with Crippen LogP contribution in [0, 0.1) is 25.2 Å². The van der Waals surface area contributed by atoms with Crippen LogP contribution in [0.5, 0.6) is 5.75 Å². The van der Waals surface area contributed by atoms with Crippen molar-refractivity contribution in [3.63, 3.8) is 0 Å². The first-order valence-electron chi connectivity index (χ1n) is 5.39. The molecule has 0 radical (unpaired) electrons. The van der Waals surface area contributed by atoms with Crippen LogP contribution in [0.25, 0.3) is 0 Å². The highest BCUT2D eigenvalue weighted by molar-refractivity contribution is 5.43. The number of hydrogen-bond donors (Lipinski definition) is 1. The number of aliphatic hydroxyl groups excluding tert-OH is 1. The first kappa shape index (κ1) is 12.5. The van der Waals surface area contributed by atoms with Crippen molar-refractivity contribution in [3.05, 3.63) is 28.8 Å². The van der Waals surface area contributed by atoms with Gasteiger partial charge in [-0.25, -0.2) is 0 Å². The summed E-state index contributed by atoms with van der Waals surface area (Å²) in [7, 11) is 0. The van der Waals surface area contributed by atoms with E-state index in [9.17, 15) is 0 Å². The number of aliphatic hydroxyl groups is 1. The Morgan fingerprint density at radius 1 is 1.38 bits per heavy atom. The Labute approximate surface area is 96.3 Å². The SMILES string of the molecule is CCC(C#N)Oc1c(C)cc(CO)cc1C. The van der Waals surface area contributed by atoms with E-state index in [-0.39, 0.29) is 6.61 Å². The first-order valence-corrected chi connectivity index (χ1v) is 5.39. The van der Waals surface area contributed by atoms with Crippen LogP contribution in [-0.2, 0) is 6.61 Å². The van der Waals surface area contributed by atoms with Crippen LogP contribution < -0.4 is 4.74 Å². The van der Waals surface area contributed by atoms with Crippen molar-refractivity contribution in [2.24, 2.45) is 0 Å². The molecule has 0 saturated heterocycles. The summed E-state index contributed by atoms with van der Waals surface area (Å²) < 4.78 is 5.63. The minimum absolute atomic E-state index is 0.0252. The zero-order valence-corrected chi connectivity index (χ0v) is 9.95. The number of nitrogens with zero attached hydrogens (tertiary/aromatic N) is 1. The summed E-state index contributed by atoms with van der Waals surface area (Å²) in [6.45, 7) is 5.79. The minimum atomic E-state index is -0.405. The summed E-state index contributed by atoms with van der Waals surface area (Å²) in [5.41, 5.74) is 2.78. The third-order valence-corrected chi connectivity index (χ3v) is 2.48. The maximum atomic E-state index is 9.06. The molecule has 86 valence electrons. The van der Waals surface area contributed by atoms with Gasteiger partial charge in [0.05, 0.1) is 6.61 Å². The molecule has 0 aliphatic heterocycles. The lowest BCUT2D eigenvalue weighted by Crippen LogP contribution is -2.14. The van der Waals surface area contributed by atoms with Crippen LogP contribution in [0.1, 0.15) is 30.0 Å². The lowest BCUT2D eigenvalue weighted by Gasteiger charge is -2.16. The van der Waals surface area contributed by atoms with Crippen molar-refractivity contribution >= 4 is 0 Å². The monoisotopic (exact) mass is 219 g/mol. The van der Waals surface area contributed by atoms with Gasteiger partial charge >= 0.3 is 0 Å².